The molecule has 8 nitrogen and oxygen atoms in total. The number of amides is 1. The van der Waals surface area contributed by atoms with Gasteiger partial charge in [0.05, 0.1) is 0 Å². The molecule has 8 heteroatoms. The first-order chi connectivity index (χ1) is 15.8. The lowest BCUT2D eigenvalue weighted by Crippen LogP contribution is -2.50. The van der Waals surface area contributed by atoms with Crippen LogP contribution in [0.4, 0.5) is 0 Å². The normalized spacial score (nSPS) is 12.6. The SMILES string of the molecule is CCCCC(=O)NC(CCC(=O)OC(C)(C)C)(CCC(=O)OC(C)(C)C)CCC(=O)OC(C)(C)C. The highest BCUT2D eigenvalue weighted by Crippen LogP contribution is 2.29. The third-order valence-electron chi connectivity index (χ3n) is 4.85. The second kappa shape index (κ2) is 13.8. The van der Waals surface area contributed by atoms with Gasteiger partial charge >= 0.3 is 17.9 Å². The van der Waals surface area contributed by atoms with Gasteiger partial charge in [-0.05, 0) is 88.0 Å². The number of hydrogen-bond acceptors (Lipinski definition) is 7. The lowest BCUT2D eigenvalue weighted by molar-refractivity contribution is -0.155. The summed E-state index contributed by atoms with van der Waals surface area (Å²) in [5.41, 5.74) is -2.89. The topological polar surface area (TPSA) is 108 Å². The quantitative estimate of drug-likeness (QED) is 0.267. The zero-order chi connectivity index (χ0) is 27.5. The predicted octanol–water partition coefficient (Wildman–Crippen LogP) is 5.40. The minimum atomic E-state index is -0.963. The van der Waals surface area contributed by atoms with Crippen LogP contribution in [0.5, 0.6) is 0 Å². The van der Waals surface area contributed by atoms with E-state index in [2.05, 4.69) is 5.32 Å². The van der Waals surface area contributed by atoms with Crippen molar-refractivity contribution in [2.45, 2.75) is 149 Å². The number of rotatable bonds is 13. The van der Waals surface area contributed by atoms with Gasteiger partial charge in [0, 0.05) is 31.2 Å². The van der Waals surface area contributed by atoms with E-state index in [1.165, 1.54) is 0 Å². The van der Waals surface area contributed by atoms with Crippen LogP contribution in [0.1, 0.15) is 127 Å². The fraction of sp³-hybridized carbons (Fsp3) is 0.852. The molecule has 0 saturated heterocycles. The molecule has 0 heterocycles. The van der Waals surface area contributed by atoms with E-state index >= 15 is 0 Å². The summed E-state index contributed by atoms with van der Waals surface area (Å²) < 4.78 is 16.4. The summed E-state index contributed by atoms with van der Waals surface area (Å²) in [7, 11) is 0. The summed E-state index contributed by atoms with van der Waals surface area (Å²) in [5.74, 6) is -1.39. The molecule has 0 aliphatic heterocycles. The van der Waals surface area contributed by atoms with Crippen LogP contribution in [0.3, 0.4) is 0 Å². The number of hydrogen-bond donors (Lipinski definition) is 1. The van der Waals surface area contributed by atoms with Gasteiger partial charge in [0.2, 0.25) is 5.91 Å². The molecule has 0 aromatic heterocycles. The van der Waals surface area contributed by atoms with E-state index in [9.17, 15) is 19.2 Å². The Labute approximate surface area is 212 Å². The smallest absolute Gasteiger partial charge is 0.306 e. The lowest BCUT2D eigenvalue weighted by Gasteiger charge is -2.36. The van der Waals surface area contributed by atoms with E-state index in [1.54, 1.807) is 62.3 Å². The van der Waals surface area contributed by atoms with Gasteiger partial charge in [-0.2, -0.15) is 0 Å². The molecule has 0 rings (SSSR count). The van der Waals surface area contributed by atoms with Crippen LogP contribution < -0.4 is 5.32 Å². The largest absolute Gasteiger partial charge is 0.460 e. The van der Waals surface area contributed by atoms with Gasteiger partial charge in [0.25, 0.3) is 0 Å². The first-order valence-electron chi connectivity index (χ1n) is 12.7. The molecule has 1 amide bonds. The van der Waals surface area contributed by atoms with Crippen LogP contribution in [0.15, 0.2) is 0 Å². The average Bonchev–Trinajstić information content (AvgIpc) is 2.63. The van der Waals surface area contributed by atoms with Gasteiger partial charge in [-0.25, -0.2) is 0 Å². The molecule has 204 valence electrons. The number of unbranched alkanes of at least 4 members (excludes halogenated alkanes) is 1. The Hall–Kier alpha value is -2.12. The second-order valence-electron chi connectivity index (χ2n) is 12.2. The zero-order valence-corrected chi connectivity index (χ0v) is 23.7. The molecule has 0 fully saturated rings. The Bertz CT molecular complexity index is 630. The molecular weight excluding hydrogens is 450 g/mol. The standard InChI is InChI=1S/C27H49NO7/c1-11-12-13-20(29)28-27(17-14-21(30)33-24(2,3)4,18-15-22(31)34-25(5,6)7)19-16-23(32)35-26(8,9)10/h11-19H2,1-10H3,(H,28,29). The van der Waals surface area contributed by atoms with Crippen LogP contribution >= 0.6 is 0 Å². The van der Waals surface area contributed by atoms with Crippen molar-refractivity contribution in [1.82, 2.24) is 5.32 Å². The van der Waals surface area contributed by atoms with E-state index in [4.69, 9.17) is 14.2 Å². The van der Waals surface area contributed by atoms with Crippen LogP contribution in [0.2, 0.25) is 0 Å². The van der Waals surface area contributed by atoms with Crippen molar-refractivity contribution in [3.63, 3.8) is 0 Å². The van der Waals surface area contributed by atoms with E-state index < -0.39 is 40.2 Å². The zero-order valence-electron chi connectivity index (χ0n) is 23.7. The van der Waals surface area contributed by atoms with Gasteiger partial charge in [0.15, 0.2) is 0 Å². The number of nitrogens with one attached hydrogen (secondary N) is 1. The maximum Gasteiger partial charge on any atom is 0.306 e. The van der Waals surface area contributed by atoms with E-state index in [0.717, 1.165) is 6.42 Å². The minimum Gasteiger partial charge on any atom is -0.460 e. The summed E-state index contributed by atoms with van der Waals surface area (Å²) in [6.45, 7) is 18.1. The Balaban J connectivity index is 5.81. The van der Waals surface area contributed by atoms with E-state index in [1.807, 2.05) is 6.92 Å². The van der Waals surface area contributed by atoms with Gasteiger partial charge in [-0.15, -0.1) is 0 Å². The summed E-state index contributed by atoms with van der Waals surface area (Å²) in [4.78, 5) is 50.3. The fourth-order valence-electron chi connectivity index (χ4n) is 3.46. The van der Waals surface area contributed by atoms with Crippen molar-refractivity contribution in [2.24, 2.45) is 0 Å². The van der Waals surface area contributed by atoms with Crippen LogP contribution in [-0.2, 0) is 33.4 Å². The molecule has 1 N–H and O–H groups in total. The maximum atomic E-state index is 12.8. The Morgan fingerprint density at radius 3 is 1.14 bits per heavy atom. The van der Waals surface area contributed by atoms with Crippen molar-refractivity contribution in [1.29, 1.82) is 0 Å². The van der Waals surface area contributed by atoms with Crippen LogP contribution in [-0.4, -0.2) is 46.2 Å². The fourth-order valence-corrected chi connectivity index (χ4v) is 3.46. The highest BCUT2D eigenvalue weighted by atomic mass is 16.6. The Kier molecular flexibility index (Phi) is 13.0. The molecule has 0 aliphatic rings. The third kappa shape index (κ3) is 17.9. The van der Waals surface area contributed by atoms with Crippen LogP contribution in [0.25, 0.3) is 0 Å². The van der Waals surface area contributed by atoms with Crippen molar-refractivity contribution in [3.8, 4) is 0 Å². The summed E-state index contributed by atoms with van der Waals surface area (Å²) >= 11 is 0. The molecule has 35 heavy (non-hydrogen) atoms. The molecule has 0 bridgehead atoms. The molecule has 0 radical (unpaired) electrons. The first-order valence-corrected chi connectivity index (χ1v) is 12.7. The first kappa shape index (κ1) is 32.9. The van der Waals surface area contributed by atoms with Gasteiger partial charge in [-0.1, -0.05) is 13.3 Å². The van der Waals surface area contributed by atoms with Crippen molar-refractivity contribution in [2.75, 3.05) is 0 Å². The number of carbonyl (C=O) groups excluding carboxylic acids is 4. The maximum absolute atomic E-state index is 12.8. The van der Waals surface area contributed by atoms with Crippen molar-refractivity contribution in [3.05, 3.63) is 0 Å². The predicted molar refractivity (Wildman–Crippen MR) is 136 cm³/mol. The number of ether oxygens (including phenoxy) is 3. The van der Waals surface area contributed by atoms with Gasteiger partial charge in [-0.3, -0.25) is 19.2 Å². The molecular formula is C27H49NO7. The molecule has 0 spiro atoms. The van der Waals surface area contributed by atoms with Gasteiger partial charge < -0.3 is 19.5 Å². The molecule has 0 aromatic carbocycles. The van der Waals surface area contributed by atoms with Crippen molar-refractivity contribution < 1.29 is 33.4 Å². The second-order valence-corrected chi connectivity index (χ2v) is 12.2. The van der Waals surface area contributed by atoms with Gasteiger partial charge in [0.1, 0.15) is 16.8 Å². The average molecular weight is 500 g/mol. The number of carbonyl (C=O) groups is 4. The molecule has 0 unspecified atom stereocenters. The molecule has 0 atom stereocenters. The highest BCUT2D eigenvalue weighted by molar-refractivity contribution is 5.78. The van der Waals surface area contributed by atoms with Crippen molar-refractivity contribution >= 4 is 23.8 Å². The monoisotopic (exact) mass is 499 g/mol. The summed E-state index contributed by atoms with van der Waals surface area (Å²) in [6, 6.07) is 0. The van der Waals surface area contributed by atoms with Crippen LogP contribution in [0, 0.1) is 0 Å². The molecule has 0 aromatic rings. The van der Waals surface area contributed by atoms with E-state index in [0.29, 0.717) is 12.8 Å². The number of esters is 3. The Morgan fingerprint density at radius 2 is 0.886 bits per heavy atom. The van der Waals surface area contributed by atoms with E-state index in [-0.39, 0.29) is 44.4 Å². The third-order valence-corrected chi connectivity index (χ3v) is 4.85. The molecule has 0 saturated carbocycles. The summed E-state index contributed by atoms with van der Waals surface area (Å²) in [5, 5.41) is 3.06. The Morgan fingerprint density at radius 1 is 0.571 bits per heavy atom. The highest BCUT2D eigenvalue weighted by Gasteiger charge is 2.35. The summed E-state index contributed by atoms with van der Waals surface area (Å²) in [6.07, 6.45) is 2.68. The lowest BCUT2D eigenvalue weighted by atomic mass is 9.83. The molecule has 0 aliphatic carbocycles. The minimum absolute atomic E-state index is 0.0357.